The van der Waals surface area contributed by atoms with Gasteiger partial charge in [-0.2, -0.15) is 0 Å². The molecule has 3 heterocycles. The maximum absolute atomic E-state index is 13.2. The van der Waals surface area contributed by atoms with Crippen LogP contribution >= 0.6 is 11.8 Å². The number of para-hydroxylation sites is 1. The standard InChI is InChI=1S/C26H26N4O2S/c31-25(29-16-19-8-1-2-9-20(19)17-30-14-5-6-15-30)24-22(18-33-26-27-12-7-13-28-26)21-10-3-4-11-23(21)32-24/h1-4,7-13H,5-6,14-18H2,(H,29,31). The number of benzene rings is 2. The van der Waals surface area contributed by atoms with E-state index < -0.39 is 0 Å². The lowest BCUT2D eigenvalue weighted by Gasteiger charge is -2.17. The second-order valence-electron chi connectivity index (χ2n) is 8.16. The Morgan fingerprint density at radius 1 is 0.970 bits per heavy atom. The minimum absolute atomic E-state index is 0.202. The number of likely N-dealkylation sites (tertiary alicyclic amines) is 1. The number of thioether (sulfide) groups is 1. The summed E-state index contributed by atoms with van der Waals surface area (Å²) in [5.41, 5.74) is 3.98. The number of hydrogen-bond acceptors (Lipinski definition) is 6. The molecule has 2 aromatic carbocycles. The summed E-state index contributed by atoms with van der Waals surface area (Å²) in [7, 11) is 0. The normalized spacial score (nSPS) is 14.1. The van der Waals surface area contributed by atoms with Crippen LogP contribution in [0.2, 0.25) is 0 Å². The predicted molar refractivity (Wildman–Crippen MR) is 130 cm³/mol. The highest BCUT2D eigenvalue weighted by Crippen LogP contribution is 2.31. The lowest BCUT2D eigenvalue weighted by atomic mass is 10.1. The number of furan rings is 1. The third kappa shape index (κ3) is 5.10. The molecule has 0 unspecified atom stereocenters. The van der Waals surface area contributed by atoms with Gasteiger partial charge >= 0.3 is 0 Å². The quantitative estimate of drug-likeness (QED) is 0.295. The second kappa shape index (κ2) is 10.2. The molecule has 1 aliphatic rings. The third-order valence-electron chi connectivity index (χ3n) is 5.94. The van der Waals surface area contributed by atoms with Crippen LogP contribution in [-0.4, -0.2) is 33.9 Å². The van der Waals surface area contributed by atoms with Crippen molar-refractivity contribution in [2.45, 2.75) is 36.8 Å². The summed E-state index contributed by atoms with van der Waals surface area (Å²) in [6.45, 7) is 3.68. The van der Waals surface area contributed by atoms with Gasteiger partial charge in [-0.25, -0.2) is 9.97 Å². The van der Waals surface area contributed by atoms with Crippen molar-refractivity contribution in [3.05, 3.63) is 89.4 Å². The van der Waals surface area contributed by atoms with E-state index in [4.69, 9.17) is 4.42 Å². The van der Waals surface area contributed by atoms with Crippen molar-refractivity contribution in [3.8, 4) is 0 Å². The zero-order chi connectivity index (χ0) is 22.5. The van der Waals surface area contributed by atoms with Crippen LogP contribution in [0.5, 0.6) is 0 Å². The minimum atomic E-state index is -0.202. The van der Waals surface area contributed by atoms with Crippen molar-refractivity contribution in [3.63, 3.8) is 0 Å². The summed E-state index contributed by atoms with van der Waals surface area (Å²) >= 11 is 1.49. The number of amides is 1. The van der Waals surface area contributed by atoms with Gasteiger partial charge in [-0.05, 0) is 49.2 Å². The predicted octanol–water partition coefficient (Wildman–Crippen LogP) is 5.04. The van der Waals surface area contributed by atoms with Crippen molar-refractivity contribution in [1.29, 1.82) is 0 Å². The number of nitrogens with zero attached hydrogens (tertiary/aromatic N) is 3. The SMILES string of the molecule is O=C(NCc1ccccc1CN1CCCC1)c1oc2ccccc2c1CSc1ncccn1. The Labute approximate surface area is 197 Å². The number of aromatic nitrogens is 2. The molecule has 6 nitrogen and oxygen atoms in total. The zero-order valence-corrected chi connectivity index (χ0v) is 19.2. The van der Waals surface area contributed by atoms with Crippen LogP contribution in [0.1, 0.15) is 40.1 Å². The molecule has 0 spiro atoms. The maximum atomic E-state index is 13.2. The van der Waals surface area contributed by atoms with Crippen LogP contribution < -0.4 is 5.32 Å². The molecule has 0 radical (unpaired) electrons. The summed E-state index contributed by atoms with van der Waals surface area (Å²) in [6, 6.07) is 17.9. The van der Waals surface area contributed by atoms with Gasteiger partial charge in [0.15, 0.2) is 10.9 Å². The molecule has 1 fully saturated rings. The summed E-state index contributed by atoms with van der Waals surface area (Å²) in [4.78, 5) is 24.2. The van der Waals surface area contributed by atoms with Gasteiger partial charge in [0, 0.05) is 42.2 Å². The van der Waals surface area contributed by atoms with Crippen molar-refractivity contribution in [2.24, 2.45) is 0 Å². The van der Waals surface area contributed by atoms with Crippen LogP contribution in [-0.2, 0) is 18.8 Å². The molecule has 168 valence electrons. The molecule has 1 N–H and O–H groups in total. The van der Waals surface area contributed by atoms with Crippen molar-refractivity contribution in [2.75, 3.05) is 13.1 Å². The third-order valence-corrected chi connectivity index (χ3v) is 6.84. The van der Waals surface area contributed by atoms with Gasteiger partial charge in [-0.15, -0.1) is 0 Å². The van der Waals surface area contributed by atoms with Crippen LogP contribution in [0.3, 0.4) is 0 Å². The van der Waals surface area contributed by atoms with Gasteiger partial charge < -0.3 is 9.73 Å². The highest BCUT2D eigenvalue weighted by molar-refractivity contribution is 7.98. The van der Waals surface area contributed by atoms with Gasteiger partial charge in [0.1, 0.15) is 5.58 Å². The van der Waals surface area contributed by atoms with E-state index in [1.807, 2.05) is 30.3 Å². The van der Waals surface area contributed by atoms with Crippen molar-refractivity contribution < 1.29 is 9.21 Å². The monoisotopic (exact) mass is 458 g/mol. The van der Waals surface area contributed by atoms with Crippen LogP contribution in [0, 0.1) is 0 Å². The van der Waals surface area contributed by atoms with Gasteiger partial charge in [0.05, 0.1) is 0 Å². The van der Waals surface area contributed by atoms with E-state index >= 15 is 0 Å². The Bertz CT molecular complexity index is 1240. The fraction of sp³-hybridized carbons (Fsp3) is 0.269. The van der Waals surface area contributed by atoms with Gasteiger partial charge in [-0.3, -0.25) is 9.69 Å². The van der Waals surface area contributed by atoms with E-state index in [1.54, 1.807) is 18.5 Å². The van der Waals surface area contributed by atoms with E-state index in [9.17, 15) is 4.79 Å². The number of carbonyl (C=O) groups excluding carboxylic acids is 1. The van der Waals surface area contributed by atoms with Gasteiger partial charge in [0.25, 0.3) is 5.91 Å². The number of hydrogen-bond donors (Lipinski definition) is 1. The fourth-order valence-electron chi connectivity index (χ4n) is 4.24. The zero-order valence-electron chi connectivity index (χ0n) is 18.4. The number of fused-ring (bicyclic) bond motifs is 1. The van der Waals surface area contributed by atoms with Crippen molar-refractivity contribution in [1.82, 2.24) is 20.2 Å². The molecule has 0 atom stereocenters. The molecule has 7 heteroatoms. The van der Waals surface area contributed by atoms with Gasteiger partial charge in [-0.1, -0.05) is 54.2 Å². The molecule has 1 aliphatic heterocycles. The minimum Gasteiger partial charge on any atom is -0.451 e. The van der Waals surface area contributed by atoms with E-state index in [-0.39, 0.29) is 5.91 Å². The van der Waals surface area contributed by atoms with E-state index in [1.165, 1.54) is 30.2 Å². The molecule has 4 aromatic rings. The first kappa shape index (κ1) is 21.7. The Balaban J connectivity index is 1.33. The van der Waals surface area contributed by atoms with Crippen LogP contribution in [0.25, 0.3) is 11.0 Å². The molecule has 0 bridgehead atoms. The molecule has 33 heavy (non-hydrogen) atoms. The second-order valence-corrected chi connectivity index (χ2v) is 9.10. The summed E-state index contributed by atoms with van der Waals surface area (Å²) in [5.74, 6) is 0.707. The molecule has 1 amide bonds. The Morgan fingerprint density at radius 3 is 2.52 bits per heavy atom. The van der Waals surface area contributed by atoms with E-state index in [0.717, 1.165) is 36.1 Å². The number of rotatable bonds is 8. The van der Waals surface area contributed by atoms with Crippen molar-refractivity contribution >= 4 is 28.6 Å². The topological polar surface area (TPSA) is 71.3 Å². The molecule has 2 aromatic heterocycles. The molecule has 1 saturated heterocycles. The highest BCUT2D eigenvalue weighted by Gasteiger charge is 2.21. The van der Waals surface area contributed by atoms with Gasteiger partial charge in [0.2, 0.25) is 0 Å². The van der Waals surface area contributed by atoms with Crippen LogP contribution in [0.4, 0.5) is 0 Å². The number of carbonyl (C=O) groups is 1. The Kier molecular flexibility index (Phi) is 6.69. The van der Waals surface area contributed by atoms with E-state index in [0.29, 0.717) is 28.8 Å². The fourth-order valence-corrected chi connectivity index (χ4v) is 5.07. The molecule has 0 aliphatic carbocycles. The van der Waals surface area contributed by atoms with Crippen LogP contribution in [0.15, 0.2) is 76.6 Å². The Hall–Kier alpha value is -3.16. The lowest BCUT2D eigenvalue weighted by Crippen LogP contribution is -2.25. The van der Waals surface area contributed by atoms with E-state index in [2.05, 4.69) is 38.4 Å². The lowest BCUT2D eigenvalue weighted by molar-refractivity contribution is 0.0924. The highest BCUT2D eigenvalue weighted by atomic mass is 32.2. The molecule has 0 saturated carbocycles. The molecular formula is C26H26N4O2S. The average Bonchev–Trinajstić information content (AvgIpc) is 3.50. The Morgan fingerprint density at radius 2 is 1.70 bits per heavy atom. The summed E-state index contributed by atoms with van der Waals surface area (Å²) in [5, 5.41) is 4.70. The first-order valence-corrected chi connectivity index (χ1v) is 12.2. The average molecular weight is 459 g/mol. The summed E-state index contributed by atoms with van der Waals surface area (Å²) in [6.07, 6.45) is 5.96. The largest absolute Gasteiger partial charge is 0.451 e. The summed E-state index contributed by atoms with van der Waals surface area (Å²) < 4.78 is 6.00. The first-order valence-electron chi connectivity index (χ1n) is 11.3. The number of nitrogens with one attached hydrogen (secondary N) is 1. The maximum Gasteiger partial charge on any atom is 0.287 e. The molecular weight excluding hydrogens is 432 g/mol. The molecule has 5 rings (SSSR count). The first-order chi connectivity index (χ1) is 16.3. The smallest absolute Gasteiger partial charge is 0.287 e.